The number of aromatic nitrogens is 5. The Balaban J connectivity index is 1.27. The Morgan fingerprint density at radius 2 is 1.14 bits per heavy atom. The number of methoxy groups -OCH3 is 2. The van der Waals surface area contributed by atoms with E-state index in [1.165, 1.54) is 57.5 Å². The van der Waals surface area contributed by atoms with E-state index in [-0.39, 0.29) is 18.5 Å². The zero-order chi connectivity index (χ0) is 40.6. The maximum absolute atomic E-state index is 9.71. The molecule has 0 spiro atoms. The molecule has 58 heavy (non-hydrogen) atoms. The van der Waals surface area contributed by atoms with Crippen LogP contribution in [-0.4, -0.2) is 81.6 Å². The summed E-state index contributed by atoms with van der Waals surface area (Å²) in [6.45, 7) is 11.7. The third kappa shape index (κ3) is 8.98. The number of nitrogens with zero attached hydrogens (tertiary/aromatic N) is 11. The minimum Gasteiger partial charge on any atom is -0.495 e. The molecule has 3 N–H and O–H groups in total. The van der Waals surface area contributed by atoms with Gasteiger partial charge in [0.15, 0.2) is 15.2 Å². The second-order valence-corrected chi connectivity index (χ2v) is 16.5. The van der Waals surface area contributed by atoms with Crippen molar-refractivity contribution in [1.29, 1.82) is 0 Å². The number of anilines is 6. The van der Waals surface area contributed by atoms with Gasteiger partial charge >= 0.3 is 0 Å². The van der Waals surface area contributed by atoms with E-state index in [2.05, 4.69) is 77.3 Å². The molecule has 2 aromatic carbocycles. The highest BCUT2D eigenvalue weighted by Gasteiger charge is 2.18. The number of aliphatic hydroxyl groups is 1. The summed E-state index contributed by atoms with van der Waals surface area (Å²) in [5.74, 6) is 2.36. The van der Waals surface area contributed by atoms with Crippen molar-refractivity contribution in [3.8, 4) is 11.5 Å². The summed E-state index contributed by atoms with van der Waals surface area (Å²) >= 11 is 6.85. The lowest BCUT2D eigenvalue weighted by molar-refractivity contribution is 0.322. The maximum Gasteiger partial charge on any atom is 0.233 e. The topological polar surface area (TPSA) is 183 Å². The van der Waals surface area contributed by atoms with Crippen molar-refractivity contribution < 1.29 is 14.6 Å². The fraction of sp³-hybridized carbons (Fsp3) is 0.324. The number of hydrogen-bond donors (Lipinski definition) is 3. The van der Waals surface area contributed by atoms with Crippen molar-refractivity contribution in [3.63, 3.8) is 0 Å². The van der Waals surface area contributed by atoms with Gasteiger partial charge in [-0.15, -0.1) is 43.1 Å². The van der Waals surface area contributed by atoms with E-state index in [1.807, 2.05) is 47.2 Å². The van der Waals surface area contributed by atoms with Crippen LogP contribution in [0.5, 0.6) is 11.5 Å². The van der Waals surface area contributed by atoms with Crippen molar-refractivity contribution in [2.45, 2.75) is 32.9 Å². The summed E-state index contributed by atoms with van der Waals surface area (Å²) in [6.07, 6.45) is 0. The molecule has 0 saturated heterocycles. The Morgan fingerprint density at radius 1 is 0.672 bits per heavy atom. The summed E-state index contributed by atoms with van der Waals surface area (Å²) in [5, 5.41) is 42.4. The molecule has 0 amide bonds. The second kappa shape index (κ2) is 19.1. The molecule has 0 saturated carbocycles. The lowest BCUT2D eigenvalue weighted by Gasteiger charge is -2.22. The van der Waals surface area contributed by atoms with Gasteiger partial charge in [0, 0.05) is 54.1 Å². The maximum atomic E-state index is 9.71. The van der Waals surface area contributed by atoms with E-state index in [0.717, 1.165) is 58.0 Å². The first-order valence-electron chi connectivity index (χ1n) is 18.4. The first kappa shape index (κ1) is 41.1. The van der Waals surface area contributed by atoms with Gasteiger partial charge < -0.3 is 35.0 Å². The van der Waals surface area contributed by atoms with Gasteiger partial charge in [-0.1, -0.05) is 11.8 Å². The molecule has 7 aromatic rings. The number of fused-ring (bicyclic) bond motifs is 2. The van der Waals surface area contributed by atoms with Gasteiger partial charge in [-0.2, -0.15) is 23.7 Å². The lowest BCUT2D eigenvalue weighted by Crippen LogP contribution is -2.21. The number of nitrogens with one attached hydrogen (secondary N) is 2. The van der Waals surface area contributed by atoms with Gasteiger partial charge in [-0.05, 0) is 87.2 Å². The summed E-state index contributed by atoms with van der Waals surface area (Å²) in [6, 6.07) is 11.9. The Morgan fingerprint density at radius 3 is 1.55 bits per heavy atom. The zero-order valence-electron chi connectivity index (χ0n) is 32.6. The number of azo groups is 2. The third-order valence-corrected chi connectivity index (χ3v) is 13.1. The fourth-order valence-electron chi connectivity index (χ4n) is 5.99. The largest absolute Gasteiger partial charge is 0.495 e. The van der Waals surface area contributed by atoms with E-state index in [0.29, 0.717) is 55.2 Å². The predicted octanol–water partition coefficient (Wildman–Crippen LogP) is 11.3. The van der Waals surface area contributed by atoms with Gasteiger partial charge in [0.2, 0.25) is 11.9 Å². The van der Waals surface area contributed by atoms with Crippen molar-refractivity contribution in [2.24, 2.45) is 20.5 Å². The highest BCUT2D eigenvalue weighted by Crippen LogP contribution is 2.44. The standard InChI is InChI=1S/C37H41N13O3S5/c1-7-49(8-2)21-11-13-23(43-45-31-29-27(52-5)19-55-33(29)47-57-31)25(17-21)38-35-40-36(42-37(41-35)54-16-15-51)39-26-18-22(50(9-3)10-4)12-14-24(26)44-46-32-30-28(53-6)20-56-34(30)48-58-32/h11-14,17-20,51H,7-10,15-16H2,1-6H3,(H2,38,39,40,41,42)/b45-43+,46-44+. The lowest BCUT2D eigenvalue weighted by atomic mass is 10.2. The van der Waals surface area contributed by atoms with Crippen LogP contribution in [0.15, 0.2) is 72.8 Å². The first-order valence-corrected chi connectivity index (χ1v) is 22.7. The highest BCUT2D eigenvalue weighted by atomic mass is 32.2. The SMILES string of the molecule is CCN(CC)c1ccc(/N=N/c2snc3scc(OC)c23)c(Nc2nc(Nc3cc(N(CC)CC)ccc3/N=N/c3snc4scc(OC)c34)nc(SCCO)n2)c1. The van der Waals surface area contributed by atoms with Crippen LogP contribution >= 0.6 is 57.5 Å². The van der Waals surface area contributed by atoms with Gasteiger partial charge in [0.25, 0.3) is 0 Å². The van der Waals surface area contributed by atoms with Crippen molar-refractivity contribution in [3.05, 3.63) is 47.2 Å². The number of ether oxygens (including phenoxy) is 2. The van der Waals surface area contributed by atoms with E-state index >= 15 is 0 Å². The van der Waals surface area contributed by atoms with Crippen molar-refractivity contribution in [2.75, 3.05) is 73.2 Å². The Kier molecular flexibility index (Phi) is 13.6. The molecular formula is C37H41N13O3S5. The average molecular weight is 876 g/mol. The molecule has 0 radical (unpaired) electrons. The van der Waals surface area contributed by atoms with Crippen LogP contribution in [0.4, 0.5) is 56.0 Å². The van der Waals surface area contributed by atoms with Crippen LogP contribution in [0.1, 0.15) is 27.7 Å². The van der Waals surface area contributed by atoms with E-state index < -0.39 is 0 Å². The third-order valence-electron chi connectivity index (χ3n) is 8.92. The molecule has 0 fully saturated rings. The quantitative estimate of drug-likeness (QED) is 0.0516. The average Bonchev–Trinajstić information content (AvgIpc) is 4.04. The number of thiophene rings is 2. The van der Waals surface area contributed by atoms with Crippen LogP contribution in [-0.2, 0) is 0 Å². The van der Waals surface area contributed by atoms with Crippen molar-refractivity contribution in [1.82, 2.24) is 23.7 Å². The molecule has 0 aliphatic heterocycles. The Bertz CT molecular complexity index is 2380. The van der Waals surface area contributed by atoms with Crippen molar-refractivity contribution >= 4 is 134 Å². The molecule has 5 heterocycles. The Hall–Kier alpha value is -5.06. The highest BCUT2D eigenvalue weighted by molar-refractivity contribution is 7.99. The summed E-state index contributed by atoms with van der Waals surface area (Å²) in [4.78, 5) is 20.5. The van der Waals surface area contributed by atoms with E-state index in [1.54, 1.807) is 14.2 Å². The zero-order valence-corrected chi connectivity index (χ0v) is 36.7. The second-order valence-electron chi connectivity index (χ2n) is 12.2. The van der Waals surface area contributed by atoms with Gasteiger partial charge in [-0.25, -0.2) is 0 Å². The van der Waals surface area contributed by atoms with Crippen LogP contribution in [0.3, 0.4) is 0 Å². The molecular weight excluding hydrogens is 835 g/mol. The molecule has 16 nitrogen and oxygen atoms in total. The summed E-state index contributed by atoms with van der Waals surface area (Å²) in [7, 11) is 3.27. The Labute approximate surface area is 355 Å². The van der Waals surface area contributed by atoms with Crippen LogP contribution in [0.25, 0.3) is 20.4 Å². The smallest absolute Gasteiger partial charge is 0.233 e. The van der Waals surface area contributed by atoms with Gasteiger partial charge in [0.1, 0.15) is 32.5 Å². The monoisotopic (exact) mass is 875 g/mol. The molecule has 0 aliphatic rings. The van der Waals surface area contributed by atoms with Gasteiger partial charge in [-0.3, -0.25) is 0 Å². The predicted molar refractivity (Wildman–Crippen MR) is 241 cm³/mol. The van der Waals surface area contributed by atoms with Gasteiger partial charge in [0.05, 0.1) is 43.0 Å². The van der Waals surface area contributed by atoms with Crippen LogP contribution in [0, 0.1) is 0 Å². The van der Waals surface area contributed by atoms with Crippen LogP contribution < -0.4 is 29.9 Å². The number of rotatable bonds is 19. The van der Waals surface area contributed by atoms with E-state index in [9.17, 15) is 5.11 Å². The minimum atomic E-state index is -0.0473. The molecule has 0 aliphatic carbocycles. The molecule has 302 valence electrons. The normalized spacial score (nSPS) is 11.7. The molecule has 21 heteroatoms. The molecule has 5 aromatic heterocycles. The molecule has 0 unspecified atom stereocenters. The number of aliphatic hydroxyl groups excluding tert-OH is 1. The minimum absolute atomic E-state index is 0.0473. The van der Waals surface area contributed by atoms with E-state index in [4.69, 9.17) is 24.4 Å². The summed E-state index contributed by atoms with van der Waals surface area (Å²) < 4.78 is 20.2. The molecule has 7 rings (SSSR count). The summed E-state index contributed by atoms with van der Waals surface area (Å²) in [5.41, 5.74) is 4.41. The number of benzene rings is 2. The number of thioether (sulfide) groups is 1. The van der Waals surface area contributed by atoms with Crippen LogP contribution in [0.2, 0.25) is 0 Å². The molecule has 0 atom stereocenters. The first-order chi connectivity index (χ1) is 28.4. The molecule has 0 bridgehead atoms. The number of hydrogen-bond acceptors (Lipinski definition) is 21. The fourth-order valence-corrected chi connectivity index (χ4v) is 10.0.